The molecular weight excluding hydrogens is 348 g/mol. The molecule has 0 saturated heterocycles. The van der Waals surface area contributed by atoms with Crippen LogP contribution >= 0.6 is 0 Å². The quantitative estimate of drug-likeness (QED) is 0.817. The van der Waals surface area contributed by atoms with Crippen molar-refractivity contribution < 1.29 is 19.1 Å². The van der Waals surface area contributed by atoms with Gasteiger partial charge in [-0.2, -0.15) is 9.97 Å². The van der Waals surface area contributed by atoms with Crippen LogP contribution in [-0.2, 0) is 21.4 Å². The van der Waals surface area contributed by atoms with E-state index in [0.29, 0.717) is 29.9 Å². The van der Waals surface area contributed by atoms with Gasteiger partial charge in [0.1, 0.15) is 11.4 Å². The first-order chi connectivity index (χ1) is 12.8. The topological polar surface area (TPSA) is 108 Å². The molecule has 2 N–H and O–H groups in total. The molecule has 8 nitrogen and oxygen atoms in total. The van der Waals surface area contributed by atoms with Crippen molar-refractivity contribution in [3.05, 3.63) is 41.1 Å². The van der Waals surface area contributed by atoms with Crippen molar-refractivity contribution >= 4 is 23.4 Å². The molecule has 0 saturated carbocycles. The van der Waals surface area contributed by atoms with Crippen molar-refractivity contribution in [2.24, 2.45) is 0 Å². The van der Waals surface area contributed by atoms with E-state index in [9.17, 15) is 9.59 Å². The number of esters is 1. The van der Waals surface area contributed by atoms with Gasteiger partial charge >= 0.3 is 12.0 Å². The van der Waals surface area contributed by atoms with Gasteiger partial charge in [-0.25, -0.2) is 0 Å². The van der Waals surface area contributed by atoms with Crippen LogP contribution in [0.3, 0.4) is 0 Å². The van der Waals surface area contributed by atoms with Crippen LogP contribution in [0.1, 0.15) is 35.5 Å². The second kappa shape index (κ2) is 6.86. The van der Waals surface area contributed by atoms with Gasteiger partial charge in [0.25, 0.3) is 5.91 Å². The summed E-state index contributed by atoms with van der Waals surface area (Å²) in [5, 5.41) is 0. The summed E-state index contributed by atoms with van der Waals surface area (Å²) in [4.78, 5) is 34.8. The third-order valence-corrected chi connectivity index (χ3v) is 4.80. The van der Waals surface area contributed by atoms with E-state index in [1.165, 1.54) is 14.2 Å². The average Bonchev–Trinajstić information content (AvgIpc) is 2.67. The van der Waals surface area contributed by atoms with Crippen molar-refractivity contribution in [2.75, 3.05) is 31.4 Å². The Morgan fingerprint density at radius 3 is 2.44 bits per heavy atom. The van der Waals surface area contributed by atoms with Crippen LogP contribution in [0.5, 0.6) is 6.01 Å². The largest absolute Gasteiger partial charge is 0.468 e. The number of anilines is 2. The molecule has 0 bridgehead atoms. The lowest BCUT2D eigenvalue weighted by atomic mass is 9.84. The maximum absolute atomic E-state index is 12.9. The lowest BCUT2D eigenvalue weighted by molar-refractivity contribution is -0.146. The maximum atomic E-state index is 12.9. The number of amides is 1. The number of hydrogen-bond acceptors (Lipinski definition) is 7. The summed E-state index contributed by atoms with van der Waals surface area (Å²) in [5.74, 6) is -0.469. The van der Waals surface area contributed by atoms with Gasteiger partial charge in [-0.1, -0.05) is 12.1 Å². The van der Waals surface area contributed by atoms with Crippen molar-refractivity contribution in [1.82, 2.24) is 9.97 Å². The zero-order chi connectivity index (χ0) is 19.8. The van der Waals surface area contributed by atoms with E-state index in [1.54, 1.807) is 18.7 Å². The Morgan fingerprint density at radius 1 is 1.19 bits per heavy atom. The number of carbonyl (C=O) groups is 2. The van der Waals surface area contributed by atoms with Crippen molar-refractivity contribution in [1.29, 1.82) is 0 Å². The highest BCUT2D eigenvalue weighted by atomic mass is 16.5. The van der Waals surface area contributed by atoms with E-state index in [0.717, 1.165) is 5.56 Å². The first-order valence-electron chi connectivity index (χ1n) is 8.50. The molecule has 142 valence electrons. The summed E-state index contributed by atoms with van der Waals surface area (Å²) in [5.41, 5.74) is 7.58. The molecule has 27 heavy (non-hydrogen) atoms. The number of nitrogens with two attached hydrogens (primary N) is 1. The Balaban J connectivity index is 1.90. The molecule has 0 atom stereocenters. The minimum absolute atomic E-state index is 0.106. The third-order valence-electron chi connectivity index (χ3n) is 4.80. The third kappa shape index (κ3) is 3.18. The van der Waals surface area contributed by atoms with Crippen LogP contribution in [0, 0.1) is 0 Å². The molecule has 0 radical (unpaired) electrons. The molecule has 1 aliphatic rings. The normalized spacial score (nSPS) is 13.9. The van der Waals surface area contributed by atoms with E-state index in [4.69, 9.17) is 15.2 Å². The molecule has 0 unspecified atom stereocenters. The van der Waals surface area contributed by atoms with Crippen LogP contribution < -0.4 is 15.4 Å². The molecule has 0 fully saturated rings. The Labute approximate surface area is 157 Å². The summed E-state index contributed by atoms with van der Waals surface area (Å²) in [7, 11) is 2.82. The van der Waals surface area contributed by atoms with Crippen LogP contribution in [0.25, 0.3) is 0 Å². The number of nitrogens with zero attached hydrogens (tertiary/aromatic N) is 3. The second-order valence-electron chi connectivity index (χ2n) is 6.79. The zero-order valence-electron chi connectivity index (χ0n) is 15.8. The minimum atomic E-state index is -0.777. The van der Waals surface area contributed by atoms with Gasteiger partial charge in [-0.15, -0.1) is 0 Å². The van der Waals surface area contributed by atoms with Crippen molar-refractivity contribution in [3.63, 3.8) is 0 Å². The molecule has 1 amide bonds. The van der Waals surface area contributed by atoms with Crippen molar-refractivity contribution in [3.8, 4) is 6.01 Å². The molecule has 3 rings (SSSR count). The number of ether oxygens (including phenoxy) is 2. The molecule has 1 aromatic heterocycles. The molecular formula is C19H22N4O4. The molecule has 0 spiro atoms. The fourth-order valence-corrected chi connectivity index (χ4v) is 3.14. The Hall–Kier alpha value is -3.16. The Bertz CT molecular complexity index is 893. The highest BCUT2D eigenvalue weighted by Gasteiger charge is 2.33. The minimum Gasteiger partial charge on any atom is -0.468 e. The summed E-state index contributed by atoms with van der Waals surface area (Å²) >= 11 is 0. The van der Waals surface area contributed by atoms with Crippen LogP contribution in [0.15, 0.2) is 24.3 Å². The number of benzene rings is 1. The van der Waals surface area contributed by atoms with Gasteiger partial charge in [0.15, 0.2) is 0 Å². The van der Waals surface area contributed by atoms with Gasteiger partial charge in [0.2, 0.25) is 0 Å². The summed E-state index contributed by atoms with van der Waals surface area (Å²) in [6.07, 6.45) is 0.541. The van der Waals surface area contributed by atoms with Gasteiger partial charge in [0, 0.05) is 18.7 Å². The number of fused-ring (bicyclic) bond motifs is 1. The molecule has 8 heteroatoms. The fourth-order valence-electron chi connectivity index (χ4n) is 3.14. The predicted molar refractivity (Wildman–Crippen MR) is 99.9 cm³/mol. The molecule has 1 aliphatic heterocycles. The molecule has 0 aliphatic carbocycles. The number of aromatic nitrogens is 2. The highest BCUT2D eigenvalue weighted by molar-refractivity contribution is 6.10. The lowest BCUT2D eigenvalue weighted by Gasteiger charge is -2.29. The summed E-state index contributed by atoms with van der Waals surface area (Å²) < 4.78 is 9.88. The van der Waals surface area contributed by atoms with Crippen LogP contribution in [0.4, 0.5) is 11.5 Å². The second-order valence-corrected chi connectivity index (χ2v) is 6.79. The SMILES string of the molecule is COC(=O)C(C)(C)c1ccc(N2CCc3nc(OC)nc(N)c3C2=O)cc1. The number of hydrogen-bond donors (Lipinski definition) is 1. The molecule has 1 aromatic carbocycles. The summed E-state index contributed by atoms with van der Waals surface area (Å²) in [6, 6.07) is 7.42. The standard InChI is InChI=1S/C19H22N4O4/c1-19(2,17(25)26-3)11-5-7-12(8-6-11)23-10-9-13-14(16(23)24)15(20)22-18(21-13)27-4/h5-8H,9-10H2,1-4H3,(H2,20,21,22). The first kappa shape index (κ1) is 18.6. The first-order valence-corrected chi connectivity index (χ1v) is 8.50. The van der Waals surface area contributed by atoms with Gasteiger partial charge in [-0.3, -0.25) is 9.59 Å². The van der Waals surface area contributed by atoms with Gasteiger partial charge in [-0.05, 0) is 31.5 Å². The van der Waals surface area contributed by atoms with E-state index in [1.807, 2.05) is 24.3 Å². The average molecular weight is 370 g/mol. The molecule has 2 aromatic rings. The lowest BCUT2D eigenvalue weighted by Crippen LogP contribution is -2.39. The van der Waals surface area contributed by atoms with Gasteiger partial charge < -0.3 is 20.1 Å². The predicted octanol–water partition coefficient (Wildman–Crippen LogP) is 1.72. The van der Waals surface area contributed by atoms with Crippen molar-refractivity contribution in [2.45, 2.75) is 25.7 Å². The number of rotatable bonds is 4. The Morgan fingerprint density at radius 2 is 1.85 bits per heavy atom. The van der Waals surface area contributed by atoms with Crippen LogP contribution in [0.2, 0.25) is 0 Å². The fraction of sp³-hybridized carbons (Fsp3) is 0.368. The number of methoxy groups -OCH3 is 2. The molecule has 2 heterocycles. The maximum Gasteiger partial charge on any atom is 0.318 e. The summed E-state index contributed by atoms with van der Waals surface area (Å²) in [6.45, 7) is 4.05. The van der Waals surface area contributed by atoms with Gasteiger partial charge in [0.05, 0.1) is 25.3 Å². The van der Waals surface area contributed by atoms with E-state index in [2.05, 4.69) is 9.97 Å². The van der Waals surface area contributed by atoms with E-state index < -0.39 is 5.41 Å². The zero-order valence-corrected chi connectivity index (χ0v) is 15.8. The monoisotopic (exact) mass is 370 g/mol. The smallest absolute Gasteiger partial charge is 0.318 e. The van der Waals surface area contributed by atoms with E-state index >= 15 is 0 Å². The highest BCUT2D eigenvalue weighted by Crippen LogP contribution is 2.30. The van der Waals surface area contributed by atoms with Crippen LogP contribution in [-0.4, -0.2) is 42.6 Å². The number of nitrogen functional groups attached to an aromatic ring is 1. The number of carbonyl (C=O) groups excluding carboxylic acids is 2. The Kier molecular flexibility index (Phi) is 4.73. The van der Waals surface area contributed by atoms with E-state index in [-0.39, 0.29) is 23.7 Å².